The fourth-order valence-electron chi connectivity index (χ4n) is 2.40. The average molecular weight is 248 g/mol. The minimum atomic E-state index is -0.973. The third-order valence-electron chi connectivity index (χ3n) is 3.41. The molecule has 1 aliphatic rings. The summed E-state index contributed by atoms with van der Waals surface area (Å²) in [5, 5.41) is 19.1. The number of aromatic carboxylic acids is 1. The Labute approximate surface area is 106 Å². The Hall–Kier alpha value is -1.84. The van der Waals surface area contributed by atoms with Crippen molar-refractivity contribution >= 4 is 12.2 Å². The molecule has 0 heterocycles. The Morgan fingerprint density at radius 3 is 2.56 bits per heavy atom. The number of hydrogen-bond acceptors (Lipinski definition) is 2. The summed E-state index contributed by atoms with van der Waals surface area (Å²) in [5.41, 5.74) is 0.755. The lowest BCUT2D eigenvalue weighted by Crippen LogP contribution is -2.27. The van der Waals surface area contributed by atoms with Crippen molar-refractivity contribution in [1.82, 2.24) is 0 Å². The number of benzene rings is 1. The molecule has 0 saturated heterocycles. The Morgan fingerprint density at radius 1 is 1.22 bits per heavy atom. The highest BCUT2D eigenvalue weighted by atomic mass is 16.5. The molecule has 1 fully saturated rings. The topological polar surface area (TPSA) is 60.5 Å². The van der Waals surface area contributed by atoms with Crippen molar-refractivity contribution in [3.63, 3.8) is 0 Å². The van der Waals surface area contributed by atoms with E-state index in [1.165, 1.54) is 17.4 Å². The molecule has 4 nitrogen and oxygen atoms in total. The highest BCUT2D eigenvalue weighted by molar-refractivity contribution is 5.97. The van der Waals surface area contributed by atoms with Crippen LogP contribution in [0.1, 0.15) is 48.0 Å². The maximum absolute atomic E-state index is 11.1. The van der Waals surface area contributed by atoms with Crippen molar-refractivity contribution in [2.75, 3.05) is 0 Å². The molecule has 0 bridgehead atoms. The van der Waals surface area contributed by atoms with Gasteiger partial charge in [-0.15, -0.1) is 0 Å². The summed E-state index contributed by atoms with van der Waals surface area (Å²) in [6.45, 7) is 0. The second kappa shape index (κ2) is 5.67. The average Bonchev–Trinajstić information content (AvgIpc) is 2.40. The number of nitrogens with zero attached hydrogens (tertiary/aromatic N) is 1. The minimum Gasteiger partial charge on any atom is -0.478 e. The molecule has 1 aliphatic carbocycles. The predicted octanol–water partition coefficient (Wildman–Crippen LogP) is 2.54. The van der Waals surface area contributed by atoms with E-state index in [4.69, 9.17) is 5.11 Å². The van der Waals surface area contributed by atoms with E-state index < -0.39 is 5.97 Å². The molecule has 2 N–H and O–H groups in total. The molecule has 4 heteroatoms. The molecule has 2 rings (SSSR count). The van der Waals surface area contributed by atoms with Crippen LogP contribution in [0.5, 0.6) is 0 Å². The van der Waals surface area contributed by atoms with Crippen molar-refractivity contribution in [3.8, 4) is 0 Å². The summed E-state index contributed by atoms with van der Waals surface area (Å²) in [5.74, 6) is -0.973. The largest absolute Gasteiger partial charge is 0.478 e. The lowest BCUT2D eigenvalue weighted by Gasteiger charge is -2.15. The molecule has 0 spiro atoms. The molecule has 0 radical (unpaired) electrons. The van der Waals surface area contributed by atoms with Gasteiger partial charge in [0.2, 0.25) is 12.3 Å². The van der Waals surface area contributed by atoms with E-state index in [-0.39, 0.29) is 11.6 Å². The molecular weight excluding hydrogens is 230 g/mol. The van der Waals surface area contributed by atoms with Crippen LogP contribution in [0.2, 0.25) is 0 Å². The molecular formula is C14H18NO3+. The number of hydroxylamine groups is 1. The van der Waals surface area contributed by atoms with E-state index in [1.807, 2.05) is 0 Å². The summed E-state index contributed by atoms with van der Waals surface area (Å²) < 4.78 is 1.18. The highest BCUT2D eigenvalue weighted by Crippen LogP contribution is 2.19. The monoisotopic (exact) mass is 248 g/mol. The molecule has 1 aromatic carbocycles. The minimum absolute atomic E-state index is 0.112. The third-order valence-corrected chi connectivity index (χ3v) is 3.41. The van der Waals surface area contributed by atoms with Crippen LogP contribution in [0.15, 0.2) is 24.3 Å². The van der Waals surface area contributed by atoms with Gasteiger partial charge in [-0.3, -0.25) is 5.21 Å². The standard InChI is InChI=1S/C14H17NO3/c16-14(17)13-9-5-4-6-11(13)10-15(18)12-7-2-1-3-8-12/h4-6,9-10,12H,1-3,7-8H2,(H-,16,17,18)/p+1. The first-order valence-electron chi connectivity index (χ1n) is 6.33. The zero-order valence-electron chi connectivity index (χ0n) is 10.2. The van der Waals surface area contributed by atoms with Crippen LogP contribution in [0.3, 0.4) is 0 Å². The Bertz CT molecular complexity index is 462. The van der Waals surface area contributed by atoms with Gasteiger partial charge in [0.15, 0.2) is 0 Å². The Kier molecular flexibility index (Phi) is 3.97. The molecule has 0 unspecified atom stereocenters. The normalized spacial score (nSPS) is 17.7. The summed E-state index contributed by atoms with van der Waals surface area (Å²) in [4.78, 5) is 11.1. The van der Waals surface area contributed by atoms with Crippen molar-refractivity contribution in [3.05, 3.63) is 35.4 Å². The molecule has 0 atom stereocenters. The van der Waals surface area contributed by atoms with E-state index in [0.717, 1.165) is 25.7 Å². The third kappa shape index (κ3) is 2.88. The number of carboxylic acid groups (broad SMARTS) is 1. The van der Waals surface area contributed by atoms with Gasteiger partial charge in [0.05, 0.1) is 11.1 Å². The van der Waals surface area contributed by atoms with Crippen molar-refractivity contribution in [2.45, 2.75) is 38.1 Å². The second-order valence-electron chi connectivity index (χ2n) is 4.69. The van der Waals surface area contributed by atoms with E-state index in [0.29, 0.717) is 5.56 Å². The van der Waals surface area contributed by atoms with E-state index in [2.05, 4.69) is 0 Å². The SMILES string of the molecule is O=C(O)c1ccccc1C=[N+](O)C1CCCCC1. The van der Waals surface area contributed by atoms with Gasteiger partial charge in [-0.2, -0.15) is 0 Å². The molecule has 1 saturated carbocycles. The fraction of sp³-hybridized carbons (Fsp3) is 0.429. The lowest BCUT2D eigenvalue weighted by atomic mass is 9.96. The van der Waals surface area contributed by atoms with Crippen LogP contribution in [0.25, 0.3) is 0 Å². The predicted molar refractivity (Wildman–Crippen MR) is 67.5 cm³/mol. The summed E-state index contributed by atoms with van der Waals surface area (Å²) in [6, 6.07) is 6.81. The van der Waals surface area contributed by atoms with Crippen LogP contribution in [0.4, 0.5) is 0 Å². The molecule has 18 heavy (non-hydrogen) atoms. The van der Waals surface area contributed by atoms with E-state index in [1.54, 1.807) is 24.3 Å². The first kappa shape index (κ1) is 12.6. The molecule has 1 aromatic rings. The lowest BCUT2D eigenvalue weighted by molar-refractivity contribution is -0.797. The van der Waals surface area contributed by atoms with Gasteiger partial charge in [-0.05, 0) is 29.7 Å². The summed E-state index contributed by atoms with van der Waals surface area (Å²) in [6.07, 6.45) is 6.91. The van der Waals surface area contributed by atoms with Crippen LogP contribution in [-0.4, -0.2) is 33.3 Å². The number of carbonyl (C=O) groups is 1. The van der Waals surface area contributed by atoms with Crippen LogP contribution in [0, 0.1) is 0 Å². The zero-order valence-corrected chi connectivity index (χ0v) is 10.2. The fourth-order valence-corrected chi connectivity index (χ4v) is 2.40. The maximum atomic E-state index is 11.1. The van der Waals surface area contributed by atoms with Gasteiger partial charge in [-0.25, -0.2) is 4.79 Å². The maximum Gasteiger partial charge on any atom is 0.336 e. The van der Waals surface area contributed by atoms with Crippen LogP contribution < -0.4 is 0 Å². The molecule has 0 amide bonds. The van der Waals surface area contributed by atoms with Crippen LogP contribution in [-0.2, 0) is 0 Å². The van der Waals surface area contributed by atoms with Gasteiger partial charge in [-0.1, -0.05) is 18.6 Å². The van der Waals surface area contributed by atoms with Gasteiger partial charge >= 0.3 is 5.97 Å². The summed E-state index contributed by atoms with van der Waals surface area (Å²) in [7, 11) is 0. The van der Waals surface area contributed by atoms with Crippen molar-refractivity contribution < 1.29 is 19.8 Å². The van der Waals surface area contributed by atoms with Crippen LogP contribution >= 0.6 is 0 Å². The van der Waals surface area contributed by atoms with Crippen molar-refractivity contribution in [2.24, 2.45) is 0 Å². The number of hydrogen-bond donors (Lipinski definition) is 2. The van der Waals surface area contributed by atoms with Gasteiger partial charge in [0.1, 0.15) is 0 Å². The summed E-state index contributed by atoms with van der Waals surface area (Å²) >= 11 is 0. The first-order chi connectivity index (χ1) is 8.68. The Balaban J connectivity index is 2.23. The van der Waals surface area contributed by atoms with Gasteiger partial charge < -0.3 is 5.11 Å². The number of rotatable bonds is 3. The van der Waals surface area contributed by atoms with E-state index >= 15 is 0 Å². The smallest absolute Gasteiger partial charge is 0.336 e. The first-order valence-corrected chi connectivity index (χ1v) is 6.33. The van der Waals surface area contributed by atoms with Crippen molar-refractivity contribution in [1.29, 1.82) is 0 Å². The molecule has 0 aliphatic heterocycles. The number of carboxylic acids is 1. The quantitative estimate of drug-likeness (QED) is 0.374. The molecule has 0 aromatic heterocycles. The molecule has 96 valence electrons. The Morgan fingerprint density at radius 2 is 1.89 bits per heavy atom. The van der Waals surface area contributed by atoms with Gasteiger partial charge in [0, 0.05) is 12.8 Å². The second-order valence-corrected chi connectivity index (χ2v) is 4.69. The zero-order chi connectivity index (χ0) is 13.0. The van der Waals surface area contributed by atoms with Gasteiger partial charge in [0.25, 0.3) is 0 Å². The van der Waals surface area contributed by atoms with E-state index in [9.17, 15) is 10.0 Å². The highest BCUT2D eigenvalue weighted by Gasteiger charge is 2.24.